The van der Waals surface area contributed by atoms with Crippen molar-refractivity contribution in [1.29, 1.82) is 0 Å². The van der Waals surface area contributed by atoms with Crippen LogP contribution >= 0.6 is 0 Å². The Hall–Kier alpha value is -3.26. The summed E-state index contributed by atoms with van der Waals surface area (Å²) in [6.45, 7) is 2.35. The number of halogens is 1. The fourth-order valence-electron chi connectivity index (χ4n) is 3.67. The van der Waals surface area contributed by atoms with Crippen LogP contribution in [-0.4, -0.2) is 48.0 Å². The van der Waals surface area contributed by atoms with Crippen LogP contribution in [0.2, 0.25) is 0 Å². The summed E-state index contributed by atoms with van der Waals surface area (Å²) in [5.74, 6) is -0.339. The Morgan fingerprint density at radius 2 is 1.93 bits per heavy atom. The summed E-state index contributed by atoms with van der Waals surface area (Å²) in [6, 6.07) is 11.0. The second kappa shape index (κ2) is 9.04. The summed E-state index contributed by atoms with van der Waals surface area (Å²) < 4.78 is 23.5. The number of likely N-dealkylation sites (tertiary alicyclic amines) is 1. The highest BCUT2D eigenvalue weighted by atomic mass is 19.1. The lowest BCUT2D eigenvalue weighted by molar-refractivity contribution is 0.0813. The number of benzene rings is 2. The average Bonchev–Trinajstić information content (AvgIpc) is 3.24. The van der Waals surface area contributed by atoms with E-state index in [0.717, 1.165) is 25.9 Å². The summed E-state index contributed by atoms with van der Waals surface area (Å²) >= 11 is 0. The van der Waals surface area contributed by atoms with Crippen LogP contribution in [0, 0.1) is 11.7 Å². The molecular formula is C22H22FN3O4. The van der Waals surface area contributed by atoms with Gasteiger partial charge in [0, 0.05) is 18.0 Å². The van der Waals surface area contributed by atoms with E-state index in [9.17, 15) is 14.0 Å². The maximum atomic E-state index is 13.0. The molecule has 4 rings (SSSR count). The summed E-state index contributed by atoms with van der Waals surface area (Å²) in [6.07, 6.45) is 2.24. The van der Waals surface area contributed by atoms with Crippen LogP contribution in [-0.2, 0) is 4.74 Å². The Morgan fingerprint density at radius 1 is 1.17 bits per heavy atom. The molecule has 0 aliphatic carbocycles. The largest absolute Gasteiger partial charge is 0.448 e. The minimum Gasteiger partial charge on any atom is -0.448 e. The first-order chi connectivity index (χ1) is 14.6. The molecule has 1 aliphatic rings. The molecule has 1 aliphatic heterocycles. The zero-order valence-electron chi connectivity index (χ0n) is 16.3. The number of Topliss-reactive ketones (excluding diaryl/α,β-unsaturated/α-hetero) is 1. The van der Waals surface area contributed by atoms with Crippen molar-refractivity contribution < 1.29 is 23.1 Å². The molecule has 30 heavy (non-hydrogen) atoms. The fraction of sp³-hybridized carbons (Fsp3) is 0.318. The van der Waals surface area contributed by atoms with Crippen LogP contribution in [0.25, 0.3) is 11.1 Å². The molecule has 0 spiro atoms. The number of nitrogens with one attached hydrogen (secondary N) is 1. The summed E-state index contributed by atoms with van der Waals surface area (Å²) in [5, 5.41) is 2.68. The molecule has 1 amide bonds. The summed E-state index contributed by atoms with van der Waals surface area (Å²) in [7, 11) is 0. The number of amides is 1. The van der Waals surface area contributed by atoms with Gasteiger partial charge in [-0.25, -0.2) is 14.2 Å². The SMILES string of the molecule is O=C(Nc1cccc2ocnc12)OCCN1CCC(C(=O)c2ccc(F)cc2)CC1. The van der Waals surface area contributed by atoms with E-state index in [4.69, 9.17) is 9.15 Å². The van der Waals surface area contributed by atoms with E-state index in [-0.39, 0.29) is 24.1 Å². The molecule has 0 atom stereocenters. The number of anilines is 1. The van der Waals surface area contributed by atoms with Gasteiger partial charge >= 0.3 is 6.09 Å². The lowest BCUT2D eigenvalue weighted by atomic mass is 9.89. The molecule has 2 heterocycles. The summed E-state index contributed by atoms with van der Waals surface area (Å²) in [4.78, 5) is 30.8. The van der Waals surface area contributed by atoms with Gasteiger partial charge in [-0.1, -0.05) is 6.07 Å². The highest BCUT2D eigenvalue weighted by Gasteiger charge is 2.25. The Labute approximate surface area is 172 Å². The standard InChI is InChI=1S/C22H22FN3O4/c23-17-6-4-15(5-7-17)21(27)16-8-10-26(11-9-16)12-13-29-22(28)25-18-2-1-3-19-20(18)24-14-30-19/h1-7,14,16H,8-13H2,(H,25,28). The molecule has 0 radical (unpaired) electrons. The summed E-state index contributed by atoms with van der Waals surface area (Å²) in [5.41, 5.74) is 2.25. The number of hydrogen-bond donors (Lipinski definition) is 1. The fourth-order valence-corrected chi connectivity index (χ4v) is 3.67. The van der Waals surface area contributed by atoms with Crippen molar-refractivity contribution in [3.8, 4) is 0 Å². The number of fused-ring (bicyclic) bond motifs is 1. The maximum absolute atomic E-state index is 13.0. The first-order valence-electron chi connectivity index (χ1n) is 9.88. The highest BCUT2D eigenvalue weighted by Crippen LogP contribution is 2.23. The van der Waals surface area contributed by atoms with E-state index in [1.165, 1.54) is 30.7 Å². The predicted molar refractivity (Wildman–Crippen MR) is 109 cm³/mol. The molecule has 3 aromatic rings. The normalized spacial score (nSPS) is 15.2. The zero-order valence-corrected chi connectivity index (χ0v) is 16.3. The van der Waals surface area contributed by atoms with E-state index in [0.29, 0.717) is 28.9 Å². The lowest BCUT2D eigenvalue weighted by Crippen LogP contribution is -2.38. The molecule has 0 bridgehead atoms. The minimum absolute atomic E-state index is 0.0566. The number of hydrogen-bond acceptors (Lipinski definition) is 6. The van der Waals surface area contributed by atoms with Crippen LogP contribution in [0.1, 0.15) is 23.2 Å². The van der Waals surface area contributed by atoms with E-state index in [1.54, 1.807) is 18.2 Å². The van der Waals surface area contributed by atoms with Gasteiger partial charge in [0.1, 0.15) is 17.9 Å². The van der Waals surface area contributed by atoms with Gasteiger partial charge in [0.2, 0.25) is 0 Å². The molecule has 2 aromatic carbocycles. The Kier molecular flexibility index (Phi) is 6.04. The number of piperidine rings is 1. The molecule has 0 unspecified atom stereocenters. The van der Waals surface area contributed by atoms with Crippen LogP contribution < -0.4 is 5.32 Å². The highest BCUT2D eigenvalue weighted by molar-refractivity contribution is 5.98. The quantitative estimate of drug-likeness (QED) is 0.615. The number of aromatic nitrogens is 1. The molecule has 1 N–H and O–H groups in total. The molecule has 1 saturated heterocycles. The smallest absolute Gasteiger partial charge is 0.411 e. The molecule has 7 nitrogen and oxygen atoms in total. The molecular weight excluding hydrogens is 389 g/mol. The van der Waals surface area contributed by atoms with Crippen LogP contribution in [0.5, 0.6) is 0 Å². The number of nitrogens with zero attached hydrogens (tertiary/aromatic N) is 2. The number of rotatable bonds is 6. The second-order valence-corrected chi connectivity index (χ2v) is 7.25. The molecule has 8 heteroatoms. The van der Waals surface area contributed by atoms with Gasteiger partial charge in [-0.2, -0.15) is 0 Å². The number of carbonyl (C=O) groups excluding carboxylic acids is 2. The van der Waals surface area contributed by atoms with Crippen molar-refractivity contribution in [2.75, 3.05) is 31.6 Å². The van der Waals surface area contributed by atoms with E-state index in [1.807, 2.05) is 0 Å². The van der Waals surface area contributed by atoms with E-state index >= 15 is 0 Å². The number of ether oxygens (including phenoxy) is 1. The minimum atomic E-state index is -0.549. The number of carbonyl (C=O) groups is 2. The van der Waals surface area contributed by atoms with Crippen molar-refractivity contribution in [2.24, 2.45) is 5.92 Å². The molecule has 1 aromatic heterocycles. The van der Waals surface area contributed by atoms with Crippen molar-refractivity contribution >= 4 is 28.7 Å². The average molecular weight is 411 g/mol. The zero-order chi connectivity index (χ0) is 20.9. The lowest BCUT2D eigenvalue weighted by Gasteiger charge is -2.31. The molecule has 156 valence electrons. The van der Waals surface area contributed by atoms with Crippen LogP contribution in [0.3, 0.4) is 0 Å². The third-order valence-corrected chi connectivity index (χ3v) is 5.32. The number of oxazole rings is 1. The first-order valence-corrected chi connectivity index (χ1v) is 9.88. The van der Waals surface area contributed by atoms with Gasteiger partial charge < -0.3 is 9.15 Å². The first kappa shape index (κ1) is 20.0. The Bertz CT molecular complexity index is 1030. The number of ketones is 1. The topological polar surface area (TPSA) is 84.7 Å². The van der Waals surface area contributed by atoms with Gasteiger partial charge in [-0.15, -0.1) is 0 Å². The van der Waals surface area contributed by atoms with Crippen molar-refractivity contribution in [3.63, 3.8) is 0 Å². The van der Waals surface area contributed by atoms with Gasteiger partial charge in [-0.05, 0) is 62.3 Å². The van der Waals surface area contributed by atoms with Crippen molar-refractivity contribution in [1.82, 2.24) is 9.88 Å². The monoisotopic (exact) mass is 411 g/mol. The van der Waals surface area contributed by atoms with Gasteiger partial charge in [0.15, 0.2) is 17.8 Å². The van der Waals surface area contributed by atoms with E-state index in [2.05, 4.69) is 15.2 Å². The van der Waals surface area contributed by atoms with Crippen molar-refractivity contribution in [3.05, 3.63) is 60.2 Å². The maximum Gasteiger partial charge on any atom is 0.411 e. The third kappa shape index (κ3) is 4.65. The Morgan fingerprint density at radius 3 is 2.70 bits per heavy atom. The van der Waals surface area contributed by atoms with Crippen molar-refractivity contribution in [2.45, 2.75) is 12.8 Å². The van der Waals surface area contributed by atoms with Gasteiger partial charge in [-0.3, -0.25) is 15.0 Å². The Balaban J connectivity index is 1.19. The predicted octanol–water partition coefficient (Wildman–Crippen LogP) is 4.11. The van der Waals surface area contributed by atoms with Gasteiger partial charge in [0.05, 0.1) is 5.69 Å². The van der Waals surface area contributed by atoms with E-state index < -0.39 is 6.09 Å². The molecule has 0 saturated carbocycles. The molecule has 1 fully saturated rings. The van der Waals surface area contributed by atoms with Gasteiger partial charge in [0.25, 0.3) is 0 Å². The second-order valence-electron chi connectivity index (χ2n) is 7.25. The third-order valence-electron chi connectivity index (χ3n) is 5.32. The van der Waals surface area contributed by atoms with Crippen LogP contribution in [0.4, 0.5) is 14.9 Å². The van der Waals surface area contributed by atoms with Crippen LogP contribution in [0.15, 0.2) is 53.3 Å². The number of para-hydroxylation sites is 1.